The van der Waals surface area contributed by atoms with E-state index in [1.54, 1.807) is 0 Å². The summed E-state index contributed by atoms with van der Waals surface area (Å²) < 4.78 is 39.6. The van der Waals surface area contributed by atoms with Gasteiger partial charge in [0, 0.05) is 19.3 Å². The number of aliphatic hydroxyl groups excluding tert-OH is 1. The Morgan fingerprint density at radius 2 is 0.703 bits per heavy atom. The van der Waals surface area contributed by atoms with Crippen LogP contribution in [0.3, 0.4) is 0 Å². The van der Waals surface area contributed by atoms with E-state index in [9.17, 15) is 28.9 Å². The summed E-state index contributed by atoms with van der Waals surface area (Å²) >= 11 is 0. The van der Waals surface area contributed by atoms with Crippen LogP contribution in [-0.4, -0.2) is 66.5 Å². The van der Waals surface area contributed by atoms with Crippen molar-refractivity contribution in [3.8, 4) is 0 Å². The zero-order valence-corrected chi connectivity index (χ0v) is 48.5. The zero-order valence-electron chi connectivity index (χ0n) is 47.6. The molecule has 12 heteroatoms. The summed E-state index contributed by atoms with van der Waals surface area (Å²) in [5.41, 5.74) is 0. The number of unbranched alkanes of at least 4 members (excludes halogenated alkanes) is 29. The maximum Gasteiger partial charge on any atom is 0.472 e. The fourth-order valence-electron chi connectivity index (χ4n) is 8.30. The number of phosphoric acid groups is 1. The Labute approximate surface area is 453 Å². The Bertz CT molecular complexity index is 1470. The van der Waals surface area contributed by atoms with Crippen LogP contribution in [0.4, 0.5) is 0 Å². The van der Waals surface area contributed by atoms with Crippen molar-refractivity contribution < 1.29 is 52.2 Å². The third kappa shape index (κ3) is 54.0. The number of carbonyl (C=O) groups is 3. The molecule has 0 saturated carbocycles. The average Bonchev–Trinajstić information content (AvgIpc) is 3.39. The predicted octanol–water partition coefficient (Wildman–Crippen LogP) is 17.9. The van der Waals surface area contributed by atoms with Crippen LogP contribution in [0.1, 0.15) is 278 Å². The average molecular weight is 1060 g/mol. The fourth-order valence-corrected chi connectivity index (χ4v) is 9.09. The van der Waals surface area contributed by atoms with Crippen LogP contribution in [0.2, 0.25) is 0 Å². The van der Waals surface area contributed by atoms with Gasteiger partial charge in [0.2, 0.25) is 0 Å². The van der Waals surface area contributed by atoms with E-state index in [1.807, 2.05) is 0 Å². The molecule has 3 atom stereocenters. The van der Waals surface area contributed by atoms with Crippen LogP contribution in [0, 0.1) is 0 Å². The van der Waals surface area contributed by atoms with E-state index in [0.29, 0.717) is 19.3 Å². The van der Waals surface area contributed by atoms with Gasteiger partial charge in [0.1, 0.15) is 12.7 Å². The molecular formula is C62H111O11P. The Morgan fingerprint density at radius 1 is 0.392 bits per heavy atom. The second kappa shape index (κ2) is 56.4. The Kier molecular flexibility index (Phi) is 54.2. The normalized spacial score (nSPS) is 13.7. The van der Waals surface area contributed by atoms with Crippen LogP contribution in [0.15, 0.2) is 60.8 Å². The molecule has 0 aliphatic carbocycles. The molecule has 0 saturated heterocycles. The lowest BCUT2D eigenvalue weighted by Gasteiger charge is -2.21. The molecule has 0 bridgehead atoms. The topological polar surface area (TPSA) is 155 Å². The van der Waals surface area contributed by atoms with Gasteiger partial charge in [-0.3, -0.25) is 23.4 Å². The molecule has 0 aliphatic heterocycles. The maximum absolute atomic E-state index is 12.9. The molecule has 0 heterocycles. The molecule has 74 heavy (non-hydrogen) atoms. The quantitative estimate of drug-likeness (QED) is 0.0197. The minimum absolute atomic E-state index is 0.154. The molecular weight excluding hydrogens is 952 g/mol. The summed E-state index contributed by atoms with van der Waals surface area (Å²) in [6.45, 7) is 4.52. The first-order valence-corrected chi connectivity index (χ1v) is 31.7. The minimum Gasteiger partial charge on any atom is -0.462 e. The highest BCUT2D eigenvalue weighted by atomic mass is 31.2. The number of allylic oxidation sites excluding steroid dienone is 10. The van der Waals surface area contributed by atoms with Crippen LogP contribution < -0.4 is 0 Å². The smallest absolute Gasteiger partial charge is 0.462 e. The Hall–Kier alpha value is -2.82. The predicted molar refractivity (Wildman–Crippen MR) is 307 cm³/mol. The lowest BCUT2D eigenvalue weighted by Crippen LogP contribution is -2.30. The van der Waals surface area contributed by atoms with Gasteiger partial charge in [-0.25, -0.2) is 4.57 Å². The molecule has 0 amide bonds. The third-order valence-corrected chi connectivity index (χ3v) is 13.8. The largest absolute Gasteiger partial charge is 0.472 e. The van der Waals surface area contributed by atoms with Gasteiger partial charge in [0.05, 0.1) is 19.8 Å². The highest BCUT2D eigenvalue weighted by Gasteiger charge is 2.28. The first-order valence-electron chi connectivity index (χ1n) is 30.2. The van der Waals surface area contributed by atoms with Gasteiger partial charge in [-0.05, 0) is 103 Å². The summed E-state index contributed by atoms with van der Waals surface area (Å²) in [6, 6.07) is 0. The number of carbonyl (C=O) groups excluding carboxylic acids is 3. The molecule has 430 valence electrons. The van der Waals surface area contributed by atoms with Crippen molar-refractivity contribution in [2.24, 2.45) is 0 Å². The van der Waals surface area contributed by atoms with Crippen LogP contribution >= 0.6 is 7.82 Å². The van der Waals surface area contributed by atoms with Gasteiger partial charge >= 0.3 is 25.7 Å². The lowest BCUT2D eigenvalue weighted by atomic mass is 10.1. The van der Waals surface area contributed by atoms with E-state index >= 15 is 0 Å². The van der Waals surface area contributed by atoms with Crippen molar-refractivity contribution in [1.29, 1.82) is 0 Å². The maximum atomic E-state index is 12.9. The number of ether oxygens (including phenoxy) is 3. The molecule has 2 N–H and O–H groups in total. The number of phosphoric ester groups is 1. The molecule has 0 rings (SSSR count). The van der Waals surface area contributed by atoms with E-state index in [0.717, 1.165) is 122 Å². The van der Waals surface area contributed by atoms with Crippen molar-refractivity contribution in [2.75, 3.05) is 26.4 Å². The summed E-state index contributed by atoms with van der Waals surface area (Å²) in [4.78, 5) is 48.6. The van der Waals surface area contributed by atoms with Crippen molar-refractivity contribution in [1.82, 2.24) is 0 Å². The zero-order chi connectivity index (χ0) is 54.1. The van der Waals surface area contributed by atoms with E-state index < -0.39 is 57.8 Å². The lowest BCUT2D eigenvalue weighted by molar-refractivity contribution is -0.161. The standard InChI is InChI=1S/C62H111O11P/c1-4-7-10-13-16-19-22-25-27-29-31-34-37-40-43-46-49-52-61(65)72-58(54-63)56-70-74(67,68)71-57-59(55-69-60(64)51-48-45-42-39-36-33-24-21-18-15-12-9-6-3)73-62(66)53-50-47-44-41-38-35-32-30-28-26-23-20-17-14-11-8-5-2/h8,11,17,20-21,24-28,58-59,63H,4-7,9-10,12-16,18-19,22-23,29-57H2,1-3H3,(H,67,68)/b11-8-,20-17-,24-21-,27-25-,28-26-. The van der Waals surface area contributed by atoms with Crippen molar-refractivity contribution in [3.63, 3.8) is 0 Å². The van der Waals surface area contributed by atoms with E-state index in [2.05, 4.69) is 81.5 Å². The van der Waals surface area contributed by atoms with E-state index in [4.69, 9.17) is 23.3 Å². The molecule has 11 nitrogen and oxygen atoms in total. The third-order valence-electron chi connectivity index (χ3n) is 12.9. The molecule has 0 aromatic rings. The Balaban J connectivity index is 4.69. The molecule has 0 radical (unpaired) electrons. The van der Waals surface area contributed by atoms with Crippen LogP contribution in [-0.2, 0) is 42.2 Å². The molecule has 0 aliphatic rings. The highest BCUT2D eigenvalue weighted by molar-refractivity contribution is 7.47. The summed E-state index contributed by atoms with van der Waals surface area (Å²) in [7, 11) is -4.75. The van der Waals surface area contributed by atoms with Gasteiger partial charge < -0.3 is 24.2 Å². The number of rotatable bonds is 56. The van der Waals surface area contributed by atoms with Gasteiger partial charge in [-0.1, -0.05) is 216 Å². The van der Waals surface area contributed by atoms with Crippen LogP contribution in [0.25, 0.3) is 0 Å². The Morgan fingerprint density at radius 3 is 1.11 bits per heavy atom. The van der Waals surface area contributed by atoms with Crippen molar-refractivity contribution in [2.45, 2.75) is 290 Å². The highest BCUT2D eigenvalue weighted by Crippen LogP contribution is 2.43. The minimum atomic E-state index is -4.75. The summed E-state index contributed by atoms with van der Waals surface area (Å²) in [5.74, 6) is -1.48. The van der Waals surface area contributed by atoms with Gasteiger partial charge in [-0.2, -0.15) is 0 Å². The van der Waals surface area contributed by atoms with Crippen LogP contribution in [0.5, 0.6) is 0 Å². The summed E-state index contributed by atoms with van der Waals surface area (Å²) in [6.07, 6.45) is 61.7. The SMILES string of the molecule is CC/C=C\C/C=C\C/C=C\CCCCCCCCCC(=O)OC(COC(=O)CCCCCCC/C=C\CCCCCC)COP(=O)(O)OCC(CO)OC(=O)CCCCCCCCC/C=C\CCCCCCCC. The molecule has 0 spiro atoms. The molecule has 0 fully saturated rings. The number of hydrogen-bond acceptors (Lipinski definition) is 10. The summed E-state index contributed by atoms with van der Waals surface area (Å²) in [5, 5.41) is 9.83. The first kappa shape index (κ1) is 71.2. The monoisotopic (exact) mass is 1060 g/mol. The number of hydrogen-bond donors (Lipinski definition) is 2. The second-order valence-corrected chi connectivity index (χ2v) is 21.6. The number of esters is 3. The van der Waals surface area contributed by atoms with Gasteiger partial charge in [0.25, 0.3) is 0 Å². The fraction of sp³-hybridized carbons (Fsp3) is 0.790. The molecule has 3 unspecified atom stereocenters. The first-order chi connectivity index (χ1) is 36.2. The van der Waals surface area contributed by atoms with Gasteiger partial charge in [-0.15, -0.1) is 0 Å². The number of aliphatic hydroxyl groups is 1. The van der Waals surface area contributed by atoms with E-state index in [-0.39, 0.29) is 25.9 Å². The van der Waals surface area contributed by atoms with E-state index in [1.165, 1.54) is 96.3 Å². The molecule has 0 aromatic carbocycles. The van der Waals surface area contributed by atoms with Crippen molar-refractivity contribution in [3.05, 3.63) is 60.8 Å². The van der Waals surface area contributed by atoms with Gasteiger partial charge in [0.15, 0.2) is 6.10 Å². The second-order valence-electron chi connectivity index (χ2n) is 20.1. The van der Waals surface area contributed by atoms with Crippen molar-refractivity contribution >= 4 is 25.7 Å². The molecule has 0 aromatic heterocycles.